The molecule has 0 bridgehead atoms. The number of carbonyl (C=O) groups is 1. The maximum atomic E-state index is 12.9. The highest BCUT2D eigenvalue weighted by Crippen LogP contribution is 2.33. The summed E-state index contributed by atoms with van der Waals surface area (Å²) >= 11 is 17.1. The van der Waals surface area contributed by atoms with E-state index in [0.717, 1.165) is 19.6 Å². The molecule has 1 N–H and O–H groups in total. The summed E-state index contributed by atoms with van der Waals surface area (Å²) in [5.41, 5.74) is 0.634. The lowest BCUT2D eigenvalue weighted by Crippen LogP contribution is -2.51. The van der Waals surface area contributed by atoms with Gasteiger partial charge in [0.2, 0.25) is 10.0 Å². The van der Waals surface area contributed by atoms with Crippen LogP contribution in [0, 0.1) is 0 Å². The van der Waals surface area contributed by atoms with Crippen LogP contribution in [0.4, 0.5) is 5.69 Å². The van der Waals surface area contributed by atoms with E-state index in [9.17, 15) is 13.2 Å². The fourth-order valence-corrected chi connectivity index (χ4v) is 5.28. The molecule has 0 radical (unpaired) electrons. The van der Waals surface area contributed by atoms with Crippen LogP contribution in [0.2, 0.25) is 0 Å². The predicted octanol–water partition coefficient (Wildman–Crippen LogP) is 1.71. The first-order chi connectivity index (χ1) is 15.6. The van der Waals surface area contributed by atoms with Crippen molar-refractivity contribution in [2.24, 2.45) is 0 Å². The van der Waals surface area contributed by atoms with E-state index in [0.29, 0.717) is 63.8 Å². The van der Waals surface area contributed by atoms with Gasteiger partial charge in [0.05, 0.1) is 30.9 Å². The van der Waals surface area contributed by atoms with Gasteiger partial charge in [0.1, 0.15) is 5.75 Å². The first kappa shape index (κ1) is 26.6. The van der Waals surface area contributed by atoms with Gasteiger partial charge in [0, 0.05) is 45.8 Å². The van der Waals surface area contributed by atoms with Crippen LogP contribution < -0.4 is 14.4 Å². The van der Waals surface area contributed by atoms with Gasteiger partial charge in [-0.1, -0.05) is 34.8 Å². The SMILES string of the molecule is COc1ccc(S(=O)(=O)NCCCN2CCOCC2)cc1N1CCN(C(=O)C(Cl)(Cl)Cl)CC1. The number of rotatable bonds is 8. The number of nitrogens with one attached hydrogen (secondary N) is 1. The second kappa shape index (κ2) is 11.6. The number of carbonyl (C=O) groups excluding carboxylic acids is 1. The van der Waals surface area contributed by atoms with Crippen LogP contribution in [0.1, 0.15) is 6.42 Å². The van der Waals surface area contributed by atoms with Gasteiger partial charge in [0.15, 0.2) is 0 Å². The number of methoxy groups -OCH3 is 1. The van der Waals surface area contributed by atoms with Crippen molar-refractivity contribution in [3.8, 4) is 5.75 Å². The number of sulfonamides is 1. The van der Waals surface area contributed by atoms with Gasteiger partial charge in [0.25, 0.3) is 9.70 Å². The van der Waals surface area contributed by atoms with Crippen LogP contribution in [0.5, 0.6) is 5.75 Å². The number of morpholine rings is 1. The van der Waals surface area contributed by atoms with Gasteiger partial charge in [-0.25, -0.2) is 13.1 Å². The van der Waals surface area contributed by atoms with Crippen molar-refractivity contribution >= 4 is 56.4 Å². The maximum Gasteiger partial charge on any atom is 0.274 e. The van der Waals surface area contributed by atoms with Crippen LogP contribution in [-0.2, 0) is 19.6 Å². The smallest absolute Gasteiger partial charge is 0.274 e. The van der Waals surface area contributed by atoms with Gasteiger partial charge >= 0.3 is 0 Å². The normalized spacial score (nSPS) is 18.4. The molecular formula is C20H29Cl3N4O5S. The monoisotopic (exact) mass is 542 g/mol. The molecule has 0 unspecified atom stereocenters. The Hall–Kier alpha value is -1.01. The van der Waals surface area contributed by atoms with E-state index >= 15 is 0 Å². The van der Waals surface area contributed by atoms with E-state index in [1.54, 1.807) is 12.1 Å². The summed E-state index contributed by atoms with van der Waals surface area (Å²) in [4.78, 5) is 18.0. The summed E-state index contributed by atoms with van der Waals surface area (Å²) in [6.45, 7) is 5.90. The predicted molar refractivity (Wildman–Crippen MR) is 129 cm³/mol. The average Bonchev–Trinajstić information content (AvgIpc) is 2.81. The third-order valence-corrected chi connectivity index (χ3v) is 7.60. The van der Waals surface area contributed by atoms with E-state index < -0.39 is 19.7 Å². The lowest BCUT2D eigenvalue weighted by atomic mass is 10.2. The summed E-state index contributed by atoms with van der Waals surface area (Å²) in [6.07, 6.45) is 0.710. The first-order valence-electron chi connectivity index (χ1n) is 10.7. The number of amides is 1. The number of piperazine rings is 1. The van der Waals surface area contributed by atoms with Gasteiger partial charge in [-0.2, -0.15) is 0 Å². The number of hydrogen-bond acceptors (Lipinski definition) is 7. The molecule has 9 nitrogen and oxygen atoms in total. The zero-order chi connectivity index (χ0) is 24.1. The van der Waals surface area contributed by atoms with Crippen LogP contribution in [0.25, 0.3) is 0 Å². The number of ether oxygens (including phenoxy) is 2. The number of benzene rings is 1. The molecular weight excluding hydrogens is 515 g/mol. The van der Waals surface area contributed by atoms with Gasteiger partial charge in [-0.3, -0.25) is 9.69 Å². The van der Waals surface area contributed by atoms with E-state index in [2.05, 4.69) is 9.62 Å². The molecule has 0 spiro atoms. The fraction of sp³-hybridized carbons (Fsp3) is 0.650. The lowest BCUT2D eigenvalue weighted by Gasteiger charge is -2.37. The fourth-order valence-electron chi connectivity index (χ4n) is 3.83. The zero-order valence-corrected chi connectivity index (χ0v) is 21.5. The second-order valence-electron chi connectivity index (χ2n) is 7.82. The molecule has 1 amide bonds. The molecule has 1 aromatic rings. The number of alkyl halides is 3. The molecule has 3 rings (SSSR count). The Balaban J connectivity index is 1.62. The summed E-state index contributed by atoms with van der Waals surface area (Å²) in [7, 11) is -2.16. The van der Waals surface area contributed by atoms with Crippen molar-refractivity contribution in [2.75, 3.05) is 77.6 Å². The summed E-state index contributed by atoms with van der Waals surface area (Å²) in [5.74, 6) is -0.0286. The highest BCUT2D eigenvalue weighted by molar-refractivity contribution is 7.89. The van der Waals surface area contributed by atoms with Crippen LogP contribution >= 0.6 is 34.8 Å². The maximum absolute atomic E-state index is 12.9. The molecule has 2 aliphatic heterocycles. The van der Waals surface area contributed by atoms with Gasteiger partial charge in [-0.05, 0) is 31.2 Å². The Morgan fingerprint density at radius 3 is 2.39 bits per heavy atom. The summed E-state index contributed by atoms with van der Waals surface area (Å²) in [6, 6.07) is 4.75. The number of nitrogens with zero attached hydrogens (tertiary/aromatic N) is 3. The highest BCUT2D eigenvalue weighted by atomic mass is 35.6. The molecule has 2 fully saturated rings. The Bertz CT molecular complexity index is 915. The molecule has 186 valence electrons. The third-order valence-electron chi connectivity index (χ3n) is 5.66. The average molecular weight is 544 g/mol. The molecule has 33 heavy (non-hydrogen) atoms. The van der Waals surface area contributed by atoms with E-state index in [-0.39, 0.29) is 4.90 Å². The first-order valence-corrected chi connectivity index (χ1v) is 13.3. The van der Waals surface area contributed by atoms with Crippen molar-refractivity contribution in [3.63, 3.8) is 0 Å². The number of halogens is 3. The molecule has 2 heterocycles. The topological polar surface area (TPSA) is 91.4 Å². The summed E-state index contributed by atoms with van der Waals surface area (Å²) < 4.78 is 37.2. The van der Waals surface area contributed by atoms with E-state index in [1.807, 2.05) is 4.90 Å². The van der Waals surface area contributed by atoms with E-state index in [1.165, 1.54) is 18.1 Å². The van der Waals surface area contributed by atoms with Crippen LogP contribution in [0.3, 0.4) is 0 Å². The van der Waals surface area contributed by atoms with Crippen molar-refractivity contribution in [1.29, 1.82) is 0 Å². The van der Waals surface area contributed by atoms with Crippen molar-refractivity contribution in [3.05, 3.63) is 18.2 Å². The molecule has 2 aliphatic rings. The minimum Gasteiger partial charge on any atom is -0.495 e. The number of hydrogen-bond donors (Lipinski definition) is 1. The Kier molecular flexibility index (Phi) is 9.36. The molecule has 0 aliphatic carbocycles. The van der Waals surface area contributed by atoms with Crippen molar-refractivity contribution in [1.82, 2.24) is 14.5 Å². The molecule has 0 aromatic heterocycles. The third kappa shape index (κ3) is 7.24. The Morgan fingerprint density at radius 2 is 1.79 bits per heavy atom. The Morgan fingerprint density at radius 1 is 1.12 bits per heavy atom. The second-order valence-corrected chi connectivity index (χ2v) is 11.9. The van der Waals surface area contributed by atoms with Crippen molar-refractivity contribution in [2.45, 2.75) is 15.1 Å². The van der Waals surface area contributed by atoms with Gasteiger partial charge < -0.3 is 19.3 Å². The minimum absolute atomic E-state index is 0.157. The Labute approximate surface area is 209 Å². The number of anilines is 1. The molecule has 13 heteroatoms. The molecule has 1 aromatic carbocycles. The van der Waals surface area contributed by atoms with Crippen molar-refractivity contribution < 1.29 is 22.7 Å². The lowest BCUT2D eigenvalue weighted by molar-refractivity contribution is -0.130. The largest absolute Gasteiger partial charge is 0.495 e. The standard InChI is InChI=1S/C20H29Cl3N4O5S/c1-31-18-4-3-16(33(29,30)24-5-2-6-25-11-13-32-14-12-25)15-17(18)26-7-9-27(10-8-26)19(28)20(21,22)23/h3-4,15,24H,2,5-14H2,1H3. The van der Waals surface area contributed by atoms with Gasteiger partial charge in [-0.15, -0.1) is 0 Å². The summed E-state index contributed by atoms with van der Waals surface area (Å²) in [5, 5.41) is 0. The zero-order valence-electron chi connectivity index (χ0n) is 18.4. The molecule has 0 saturated carbocycles. The quantitative estimate of drug-likeness (QED) is 0.394. The van der Waals surface area contributed by atoms with Crippen LogP contribution in [-0.4, -0.2) is 101 Å². The van der Waals surface area contributed by atoms with E-state index in [4.69, 9.17) is 44.3 Å². The van der Waals surface area contributed by atoms with Crippen LogP contribution in [0.15, 0.2) is 23.1 Å². The highest BCUT2D eigenvalue weighted by Gasteiger charge is 2.36. The minimum atomic E-state index is -3.69. The molecule has 0 atom stereocenters. The molecule has 2 saturated heterocycles.